The molecule has 0 spiro atoms. The van der Waals surface area contributed by atoms with Crippen LogP contribution in [0.1, 0.15) is 57.6 Å². The third-order valence-electron chi connectivity index (χ3n) is 4.12. The first kappa shape index (κ1) is 14.5. The predicted octanol–water partition coefficient (Wildman–Crippen LogP) is 3.46. The molecule has 1 fully saturated rings. The van der Waals surface area contributed by atoms with Crippen LogP contribution in [0.25, 0.3) is 0 Å². The summed E-state index contributed by atoms with van der Waals surface area (Å²) in [5, 5.41) is 0. The van der Waals surface area contributed by atoms with Gasteiger partial charge in [-0.3, -0.25) is 4.98 Å². The van der Waals surface area contributed by atoms with Crippen LogP contribution in [-0.4, -0.2) is 17.1 Å². The number of hydrogen-bond donors (Lipinski definition) is 1. The maximum Gasteiger partial charge on any atom is 0.0980 e. The Hall–Kier alpha value is -0.930. The molecular weight excluding hydrogens is 236 g/mol. The van der Waals surface area contributed by atoms with E-state index in [0.717, 1.165) is 24.3 Å². The van der Waals surface area contributed by atoms with E-state index >= 15 is 0 Å². The topological polar surface area (TPSA) is 48.1 Å². The molecule has 4 atom stereocenters. The molecule has 1 aliphatic carbocycles. The minimum atomic E-state index is 0.00306. The zero-order valence-electron chi connectivity index (χ0n) is 12.1. The van der Waals surface area contributed by atoms with Crippen molar-refractivity contribution in [2.24, 2.45) is 11.7 Å². The number of pyridine rings is 1. The Balaban J connectivity index is 2.06. The lowest BCUT2D eigenvalue weighted by molar-refractivity contribution is -0.0518. The van der Waals surface area contributed by atoms with Gasteiger partial charge >= 0.3 is 0 Å². The van der Waals surface area contributed by atoms with Crippen molar-refractivity contribution in [1.29, 1.82) is 0 Å². The van der Waals surface area contributed by atoms with Crippen LogP contribution in [0, 0.1) is 5.92 Å². The fourth-order valence-electron chi connectivity index (χ4n) is 2.90. The van der Waals surface area contributed by atoms with Gasteiger partial charge < -0.3 is 10.5 Å². The second-order valence-electron chi connectivity index (χ2n) is 5.80. The smallest absolute Gasteiger partial charge is 0.0980 e. The Morgan fingerprint density at radius 2 is 2.11 bits per heavy atom. The molecular formula is C16H26N2O. The van der Waals surface area contributed by atoms with Crippen molar-refractivity contribution in [2.45, 2.75) is 64.2 Å². The summed E-state index contributed by atoms with van der Waals surface area (Å²) in [5.41, 5.74) is 7.41. The van der Waals surface area contributed by atoms with Gasteiger partial charge in [0.15, 0.2) is 0 Å². The SMILES string of the molecule is CCC(N)C(OC1CCCC(C)C1)c1ccncc1. The van der Waals surface area contributed by atoms with E-state index in [2.05, 4.69) is 18.8 Å². The molecule has 0 aliphatic heterocycles. The summed E-state index contributed by atoms with van der Waals surface area (Å²) in [6, 6.07) is 4.10. The molecule has 106 valence electrons. The minimum Gasteiger partial charge on any atom is -0.369 e. The third kappa shape index (κ3) is 4.02. The molecule has 1 heterocycles. The van der Waals surface area contributed by atoms with Crippen molar-refractivity contribution >= 4 is 0 Å². The van der Waals surface area contributed by atoms with E-state index in [9.17, 15) is 0 Å². The first-order valence-corrected chi connectivity index (χ1v) is 7.51. The van der Waals surface area contributed by atoms with Gasteiger partial charge in [-0.1, -0.05) is 26.7 Å². The highest BCUT2D eigenvalue weighted by molar-refractivity contribution is 5.15. The third-order valence-corrected chi connectivity index (χ3v) is 4.12. The summed E-state index contributed by atoms with van der Waals surface area (Å²) >= 11 is 0. The lowest BCUT2D eigenvalue weighted by atomic mass is 9.88. The van der Waals surface area contributed by atoms with Crippen LogP contribution in [0.15, 0.2) is 24.5 Å². The summed E-state index contributed by atoms with van der Waals surface area (Å²) in [7, 11) is 0. The van der Waals surface area contributed by atoms with Gasteiger partial charge in [0.1, 0.15) is 0 Å². The molecule has 0 saturated heterocycles. The van der Waals surface area contributed by atoms with E-state index in [4.69, 9.17) is 10.5 Å². The monoisotopic (exact) mass is 262 g/mol. The number of hydrogen-bond acceptors (Lipinski definition) is 3. The highest BCUT2D eigenvalue weighted by Gasteiger charge is 2.26. The van der Waals surface area contributed by atoms with Crippen LogP contribution < -0.4 is 5.73 Å². The number of rotatable bonds is 5. The number of nitrogens with two attached hydrogens (primary N) is 1. The van der Waals surface area contributed by atoms with E-state index in [1.54, 1.807) is 0 Å². The lowest BCUT2D eigenvalue weighted by Gasteiger charge is -2.33. The summed E-state index contributed by atoms with van der Waals surface area (Å²) in [6.45, 7) is 4.43. The van der Waals surface area contributed by atoms with Crippen molar-refractivity contribution in [3.05, 3.63) is 30.1 Å². The molecule has 3 heteroatoms. The molecule has 0 amide bonds. The van der Waals surface area contributed by atoms with Crippen LogP contribution in [0.3, 0.4) is 0 Å². The molecule has 1 aromatic heterocycles. The van der Waals surface area contributed by atoms with E-state index in [1.807, 2.05) is 24.5 Å². The molecule has 4 unspecified atom stereocenters. The zero-order chi connectivity index (χ0) is 13.7. The van der Waals surface area contributed by atoms with Gasteiger partial charge in [0.25, 0.3) is 0 Å². The molecule has 0 bridgehead atoms. The van der Waals surface area contributed by atoms with Crippen LogP contribution in [0.4, 0.5) is 0 Å². The summed E-state index contributed by atoms with van der Waals surface area (Å²) in [5.74, 6) is 0.773. The molecule has 1 aliphatic rings. The van der Waals surface area contributed by atoms with Gasteiger partial charge in [-0.05, 0) is 42.9 Å². The first-order chi connectivity index (χ1) is 9.20. The number of nitrogens with zero attached hydrogens (tertiary/aromatic N) is 1. The highest BCUT2D eigenvalue weighted by atomic mass is 16.5. The fraction of sp³-hybridized carbons (Fsp3) is 0.688. The average molecular weight is 262 g/mol. The maximum absolute atomic E-state index is 6.35. The van der Waals surface area contributed by atoms with Crippen molar-refractivity contribution in [2.75, 3.05) is 0 Å². The van der Waals surface area contributed by atoms with Gasteiger partial charge in [-0.25, -0.2) is 0 Å². The van der Waals surface area contributed by atoms with E-state index < -0.39 is 0 Å². The zero-order valence-corrected chi connectivity index (χ0v) is 12.1. The Kier molecular flexibility index (Phi) is 5.34. The summed E-state index contributed by atoms with van der Waals surface area (Å²) in [6.07, 6.45) is 9.86. The molecule has 0 radical (unpaired) electrons. The average Bonchev–Trinajstić information content (AvgIpc) is 2.45. The second-order valence-corrected chi connectivity index (χ2v) is 5.80. The van der Waals surface area contributed by atoms with Gasteiger partial charge in [-0.2, -0.15) is 0 Å². The van der Waals surface area contributed by atoms with E-state index in [-0.39, 0.29) is 12.1 Å². The molecule has 19 heavy (non-hydrogen) atoms. The van der Waals surface area contributed by atoms with Crippen LogP contribution in [0.2, 0.25) is 0 Å². The van der Waals surface area contributed by atoms with E-state index in [1.165, 1.54) is 19.3 Å². The lowest BCUT2D eigenvalue weighted by Crippen LogP contribution is -2.34. The van der Waals surface area contributed by atoms with Crippen molar-refractivity contribution < 1.29 is 4.74 Å². The molecule has 2 rings (SSSR count). The van der Waals surface area contributed by atoms with Crippen molar-refractivity contribution in [3.63, 3.8) is 0 Å². The Morgan fingerprint density at radius 1 is 1.37 bits per heavy atom. The van der Waals surface area contributed by atoms with Crippen molar-refractivity contribution in [1.82, 2.24) is 4.98 Å². The molecule has 2 N–H and O–H groups in total. The quantitative estimate of drug-likeness (QED) is 0.884. The molecule has 1 aromatic rings. The van der Waals surface area contributed by atoms with Gasteiger partial charge in [0.2, 0.25) is 0 Å². The maximum atomic E-state index is 6.35. The first-order valence-electron chi connectivity index (χ1n) is 7.51. The second kappa shape index (κ2) is 7.01. The molecule has 1 saturated carbocycles. The van der Waals surface area contributed by atoms with Gasteiger partial charge in [0.05, 0.1) is 12.2 Å². The largest absolute Gasteiger partial charge is 0.369 e. The Morgan fingerprint density at radius 3 is 2.74 bits per heavy atom. The van der Waals surface area contributed by atoms with E-state index in [0.29, 0.717) is 6.10 Å². The Labute approximate surface area is 116 Å². The van der Waals surface area contributed by atoms with Crippen molar-refractivity contribution in [3.8, 4) is 0 Å². The minimum absolute atomic E-state index is 0.00306. The number of aromatic nitrogens is 1. The van der Waals surface area contributed by atoms with Crippen LogP contribution in [-0.2, 0) is 4.74 Å². The standard InChI is InChI=1S/C16H26N2O/c1-3-15(17)16(13-7-9-18-10-8-13)19-14-6-4-5-12(2)11-14/h7-10,12,14-16H,3-6,11,17H2,1-2H3. The molecule has 3 nitrogen and oxygen atoms in total. The highest BCUT2D eigenvalue weighted by Crippen LogP contribution is 2.31. The predicted molar refractivity (Wildman–Crippen MR) is 77.7 cm³/mol. The fourth-order valence-corrected chi connectivity index (χ4v) is 2.90. The van der Waals surface area contributed by atoms with Gasteiger partial charge in [-0.15, -0.1) is 0 Å². The van der Waals surface area contributed by atoms with Crippen LogP contribution in [0.5, 0.6) is 0 Å². The summed E-state index contributed by atoms with van der Waals surface area (Å²) < 4.78 is 6.35. The molecule has 0 aromatic carbocycles. The Bertz CT molecular complexity index is 368. The summed E-state index contributed by atoms with van der Waals surface area (Å²) in [4.78, 5) is 4.08. The van der Waals surface area contributed by atoms with Gasteiger partial charge in [0, 0.05) is 18.4 Å². The van der Waals surface area contributed by atoms with Crippen LogP contribution >= 0.6 is 0 Å². The normalized spacial score (nSPS) is 26.9. The number of ether oxygens (including phenoxy) is 1.